The lowest BCUT2D eigenvalue weighted by molar-refractivity contribution is -0.216. The molecule has 0 aromatic rings. The molecule has 2 saturated heterocycles. The summed E-state index contributed by atoms with van der Waals surface area (Å²) in [5, 5.41) is 0. The Morgan fingerprint density at radius 2 is 1.76 bits per heavy atom. The minimum atomic E-state index is -0.839. The van der Waals surface area contributed by atoms with Gasteiger partial charge in [0.05, 0.1) is 41.6 Å². The Hall–Kier alpha value is -1.57. The molecule has 3 heterocycles. The van der Waals surface area contributed by atoms with E-state index in [0.717, 1.165) is 49.8 Å². The molecule has 7 heteroatoms. The van der Waals surface area contributed by atoms with Crippen molar-refractivity contribution in [2.75, 3.05) is 20.8 Å². The monoisotopic (exact) mass is 571 g/mol. The number of rotatable bonds is 7. The number of ether oxygens (including phenoxy) is 4. The summed E-state index contributed by atoms with van der Waals surface area (Å²) >= 11 is 0. The van der Waals surface area contributed by atoms with Gasteiger partial charge in [-0.3, -0.25) is 9.79 Å². The SMILES string of the molecule is CN=C1[C@H]2C[C@H]3[C@@H]4CC[C@H]([C@H](C)C5CC(C)=C(COC)C(=O)O5)[C@@]4(C)CC[C@@H]3[C@](C)(O2)C(=O)[C@@]1(C)[C@@H](C)OC(C)C. The van der Waals surface area contributed by atoms with Crippen LogP contribution in [0.3, 0.4) is 0 Å². The zero-order valence-electron chi connectivity index (χ0n) is 27.0. The average Bonchev–Trinajstić information content (AvgIpc) is 3.26. The quantitative estimate of drug-likeness (QED) is 0.350. The van der Waals surface area contributed by atoms with Crippen LogP contribution < -0.4 is 0 Å². The maximum Gasteiger partial charge on any atom is 0.336 e. The second kappa shape index (κ2) is 10.9. The molecule has 0 radical (unpaired) electrons. The van der Waals surface area contributed by atoms with Crippen LogP contribution >= 0.6 is 0 Å². The molecule has 0 aromatic carbocycles. The molecule has 7 nitrogen and oxygen atoms in total. The van der Waals surface area contributed by atoms with E-state index in [-0.39, 0.29) is 53.4 Å². The van der Waals surface area contributed by atoms with Gasteiger partial charge < -0.3 is 18.9 Å². The minimum absolute atomic E-state index is 0.0260. The first-order valence-electron chi connectivity index (χ1n) is 16.0. The van der Waals surface area contributed by atoms with Crippen molar-refractivity contribution in [2.24, 2.45) is 45.4 Å². The van der Waals surface area contributed by atoms with E-state index in [0.29, 0.717) is 29.9 Å². The van der Waals surface area contributed by atoms with Gasteiger partial charge in [-0.15, -0.1) is 0 Å². The number of fused-ring (bicyclic) bond motifs is 6. The topological polar surface area (TPSA) is 83.4 Å². The van der Waals surface area contributed by atoms with E-state index in [4.69, 9.17) is 23.9 Å². The summed E-state index contributed by atoms with van der Waals surface area (Å²) in [6.45, 7) is 17.3. The molecule has 2 bridgehead atoms. The number of Topliss-reactive ketones (excluding diaryl/α,β-unsaturated/α-hetero) is 1. The Morgan fingerprint density at radius 3 is 2.37 bits per heavy atom. The van der Waals surface area contributed by atoms with E-state index in [1.54, 1.807) is 14.2 Å². The number of aliphatic imine (C=N–C) groups is 1. The number of methoxy groups -OCH3 is 1. The van der Waals surface area contributed by atoms with Crippen LogP contribution in [0, 0.1) is 40.4 Å². The Bertz CT molecular complexity index is 1130. The molecule has 2 saturated carbocycles. The van der Waals surface area contributed by atoms with Crippen LogP contribution in [-0.4, -0.2) is 68.2 Å². The van der Waals surface area contributed by atoms with Crippen molar-refractivity contribution >= 4 is 17.5 Å². The highest BCUT2D eigenvalue weighted by Gasteiger charge is 2.69. The van der Waals surface area contributed by atoms with Crippen molar-refractivity contribution in [3.63, 3.8) is 0 Å². The molecular weight excluding hydrogens is 518 g/mol. The fourth-order valence-corrected chi connectivity index (χ4v) is 10.3. The van der Waals surface area contributed by atoms with Crippen LogP contribution in [0.2, 0.25) is 0 Å². The van der Waals surface area contributed by atoms with E-state index in [9.17, 15) is 9.59 Å². The third-order valence-corrected chi connectivity index (χ3v) is 12.4. The Morgan fingerprint density at radius 1 is 1.05 bits per heavy atom. The normalized spacial score (nSPS) is 45.0. The molecule has 11 atom stereocenters. The lowest BCUT2D eigenvalue weighted by Gasteiger charge is -2.62. The van der Waals surface area contributed by atoms with Crippen molar-refractivity contribution in [3.8, 4) is 0 Å². The predicted octanol–water partition coefficient (Wildman–Crippen LogP) is 5.98. The zero-order valence-corrected chi connectivity index (χ0v) is 27.0. The molecule has 0 N–H and O–H groups in total. The van der Waals surface area contributed by atoms with Gasteiger partial charge >= 0.3 is 5.97 Å². The Balaban J connectivity index is 1.41. The second-order valence-electron chi connectivity index (χ2n) is 14.7. The van der Waals surface area contributed by atoms with Gasteiger partial charge in [-0.1, -0.05) is 19.4 Å². The molecule has 0 aromatic heterocycles. The largest absolute Gasteiger partial charge is 0.458 e. The van der Waals surface area contributed by atoms with Crippen LogP contribution in [0.1, 0.15) is 93.9 Å². The average molecular weight is 572 g/mol. The molecule has 41 heavy (non-hydrogen) atoms. The summed E-state index contributed by atoms with van der Waals surface area (Å²) in [5.74, 6) is 1.77. The van der Waals surface area contributed by atoms with Crippen molar-refractivity contribution in [1.82, 2.24) is 0 Å². The molecule has 2 aliphatic carbocycles. The first-order chi connectivity index (χ1) is 19.2. The number of ketones is 1. The molecular formula is C34H53NO6. The molecule has 4 fully saturated rings. The standard InChI is InChI=1S/C34H53NO6/c1-18(2)39-21(5)33(7)29(35-9)28-16-22-25-12-11-24(20(4)27-15-19(3)23(17-38-10)30(36)40-27)32(25,6)14-13-26(22)34(8,41-28)31(33)37/h18,20-22,24-28H,11-17H2,1-10H3/t20-,21+,22-,24+,25-,26-,27?,28+,32+,33-,34-/m0/s1. The summed E-state index contributed by atoms with van der Waals surface area (Å²) in [7, 11) is 3.42. The summed E-state index contributed by atoms with van der Waals surface area (Å²) in [6, 6.07) is 0. The van der Waals surface area contributed by atoms with Crippen molar-refractivity contribution in [1.29, 1.82) is 0 Å². The third kappa shape index (κ3) is 4.59. The Kier molecular flexibility index (Phi) is 8.17. The molecule has 0 spiro atoms. The van der Waals surface area contributed by atoms with Crippen molar-refractivity contribution < 1.29 is 28.5 Å². The summed E-state index contributed by atoms with van der Waals surface area (Å²) < 4.78 is 24.3. The van der Waals surface area contributed by atoms with Gasteiger partial charge in [0.15, 0.2) is 5.78 Å². The first-order valence-corrected chi connectivity index (χ1v) is 16.0. The highest BCUT2D eigenvalue weighted by atomic mass is 16.5. The molecule has 3 aliphatic heterocycles. The van der Waals surface area contributed by atoms with E-state index in [1.165, 1.54) is 0 Å². The fourth-order valence-electron chi connectivity index (χ4n) is 10.3. The number of carbonyl (C=O) groups is 2. The molecule has 5 aliphatic rings. The fraction of sp³-hybridized carbons (Fsp3) is 0.853. The number of hydrogen-bond donors (Lipinski definition) is 0. The van der Waals surface area contributed by atoms with Crippen LogP contribution in [0.4, 0.5) is 0 Å². The summed E-state index contributed by atoms with van der Waals surface area (Å²) in [5.41, 5.74) is 1.12. The van der Waals surface area contributed by atoms with Gasteiger partial charge in [0, 0.05) is 20.6 Å². The molecule has 0 amide bonds. The Labute approximate surface area is 247 Å². The summed E-state index contributed by atoms with van der Waals surface area (Å²) in [6.07, 6.45) is 5.50. The van der Waals surface area contributed by atoms with Gasteiger partial charge in [0.25, 0.3) is 0 Å². The zero-order chi connectivity index (χ0) is 30.1. The van der Waals surface area contributed by atoms with Crippen LogP contribution in [-0.2, 0) is 28.5 Å². The lowest BCUT2D eigenvalue weighted by atomic mass is 9.48. The smallest absolute Gasteiger partial charge is 0.336 e. The van der Waals surface area contributed by atoms with Gasteiger partial charge in [0.2, 0.25) is 0 Å². The van der Waals surface area contributed by atoms with E-state index >= 15 is 0 Å². The number of cyclic esters (lactones) is 1. The number of nitrogens with zero attached hydrogens (tertiary/aromatic N) is 1. The van der Waals surface area contributed by atoms with Crippen LogP contribution in [0.15, 0.2) is 16.1 Å². The second-order valence-corrected chi connectivity index (χ2v) is 14.7. The minimum Gasteiger partial charge on any atom is -0.458 e. The molecule has 5 rings (SSSR count). The molecule has 230 valence electrons. The number of carbonyl (C=O) groups excluding carboxylic acids is 2. The van der Waals surface area contributed by atoms with Crippen molar-refractivity contribution in [3.05, 3.63) is 11.1 Å². The van der Waals surface area contributed by atoms with Gasteiger partial charge in [-0.2, -0.15) is 0 Å². The molecule has 1 unspecified atom stereocenters. The van der Waals surface area contributed by atoms with Crippen molar-refractivity contribution in [2.45, 2.75) is 124 Å². The maximum absolute atomic E-state index is 14.6. The van der Waals surface area contributed by atoms with E-state index in [2.05, 4.69) is 20.8 Å². The van der Waals surface area contributed by atoms with E-state index in [1.807, 2.05) is 34.6 Å². The van der Waals surface area contributed by atoms with Crippen LogP contribution in [0.25, 0.3) is 0 Å². The predicted molar refractivity (Wildman–Crippen MR) is 159 cm³/mol. The highest BCUT2D eigenvalue weighted by Crippen LogP contribution is 2.66. The number of esters is 1. The van der Waals surface area contributed by atoms with Gasteiger partial charge in [-0.05, 0) is 109 Å². The maximum atomic E-state index is 14.6. The number of hydrogen-bond acceptors (Lipinski definition) is 7. The van der Waals surface area contributed by atoms with Crippen LogP contribution in [0.5, 0.6) is 0 Å². The van der Waals surface area contributed by atoms with Gasteiger partial charge in [-0.25, -0.2) is 4.79 Å². The highest BCUT2D eigenvalue weighted by molar-refractivity contribution is 6.16. The summed E-state index contributed by atoms with van der Waals surface area (Å²) in [4.78, 5) is 32.1. The first kappa shape index (κ1) is 30.9. The van der Waals surface area contributed by atoms with E-state index < -0.39 is 11.0 Å². The lowest BCUT2D eigenvalue weighted by Crippen LogP contribution is -2.72. The third-order valence-electron chi connectivity index (χ3n) is 12.4. The van der Waals surface area contributed by atoms with Gasteiger partial charge in [0.1, 0.15) is 11.7 Å².